The molecule has 104 valence electrons. The van der Waals surface area contributed by atoms with Gasteiger partial charge in [0.25, 0.3) is 0 Å². The van der Waals surface area contributed by atoms with Crippen LogP contribution in [0, 0.1) is 6.92 Å². The zero-order valence-electron chi connectivity index (χ0n) is 12.2. The van der Waals surface area contributed by atoms with Gasteiger partial charge >= 0.3 is 0 Å². The molecule has 0 amide bonds. The average Bonchev–Trinajstić information content (AvgIpc) is 2.76. The van der Waals surface area contributed by atoms with Crippen molar-refractivity contribution in [3.8, 4) is 0 Å². The highest BCUT2D eigenvalue weighted by Gasteiger charge is 2.03. The minimum Gasteiger partial charge on any atom is -0.342 e. The van der Waals surface area contributed by atoms with Gasteiger partial charge in [0.15, 0.2) is 0 Å². The Balaban J connectivity index is 1.87. The summed E-state index contributed by atoms with van der Waals surface area (Å²) in [5, 5.41) is 3.18. The number of hydrogen-bond acceptors (Lipinski definition) is 3. The van der Waals surface area contributed by atoms with Crippen LogP contribution in [-0.2, 0) is 6.42 Å². The third-order valence-electron chi connectivity index (χ3n) is 3.41. The van der Waals surface area contributed by atoms with E-state index in [0.29, 0.717) is 0 Å². The first-order valence-electron chi connectivity index (χ1n) is 6.97. The maximum absolute atomic E-state index is 4.43. The van der Waals surface area contributed by atoms with E-state index in [9.17, 15) is 0 Å². The quantitative estimate of drug-likeness (QED) is 0.748. The Morgan fingerprint density at radius 1 is 1.32 bits per heavy atom. The molecule has 2 N–H and O–H groups in total. The lowest BCUT2D eigenvalue weighted by atomic mass is 10.1. The molecule has 2 rings (SSSR count). The molecule has 0 saturated heterocycles. The Morgan fingerprint density at radius 3 is 2.95 bits per heavy atom. The number of rotatable bonds is 7. The molecule has 0 aliphatic heterocycles. The summed E-state index contributed by atoms with van der Waals surface area (Å²) in [6, 6.07) is 6.51. The summed E-state index contributed by atoms with van der Waals surface area (Å²) in [7, 11) is 4.19. The van der Waals surface area contributed by atoms with Gasteiger partial charge in [-0.05, 0) is 64.6 Å². The third-order valence-corrected chi connectivity index (χ3v) is 3.41. The first-order chi connectivity index (χ1) is 9.19. The number of aromatic amines is 1. The van der Waals surface area contributed by atoms with Gasteiger partial charge in [-0.25, -0.2) is 4.98 Å². The molecule has 1 aromatic carbocycles. The van der Waals surface area contributed by atoms with Crippen molar-refractivity contribution in [2.45, 2.75) is 19.8 Å². The van der Waals surface area contributed by atoms with Gasteiger partial charge in [0.1, 0.15) is 5.82 Å². The maximum atomic E-state index is 4.43. The van der Waals surface area contributed by atoms with E-state index >= 15 is 0 Å². The van der Waals surface area contributed by atoms with Crippen LogP contribution in [0.2, 0.25) is 0 Å². The van der Waals surface area contributed by atoms with E-state index in [4.69, 9.17) is 0 Å². The van der Waals surface area contributed by atoms with Crippen molar-refractivity contribution in [3.63, 3.8) is 0 Å². The summed E-state index contributed by atoms with van der Waals surface area (Å²) in [5.41, 5.74) is 3.58. The predicted octanol–water partition coefficient (Wildman–Crippen LogP) is 1.96. The molecule has 1 aromatic heterocycles. The number of hydrogen-bond donors (Lipinski definition) is 2. The number of aryl methyl sites for hydroxylation is 1. The van der Waals surface area contributed by atoms with Crippen molar-refractivity contribution in [1.82, 2.24) is 20.2 Å². The Kier molecular flexibility index (Phi) is 4.93. The molecule has 0 radical (unpaired) electrons. The molecule has 0 fully saturated rings. The number of aromatic nitrogens is 2. The minimum absolute atomic E-state index is 0.983. The Bertz CT molecular complexity index is 518. The second-order valence-electron chi connectivity index (χ2n) is 5.18. The van der Waals surface area contributed by atoms with Crippen molar-refractivity contribution in [3.05, 3.63) is 29.6 Å². The van der Waals surface area contributed by atoms with Gasteiger partial charge in [-0.3, -0.25) is 0 Å². The average molecular weight is 260 g/mol. The monoisotopic (exact) mass is 260 g/mol. The number of benzene rings is 1. The lowest BCUT2D eigenvalue weighted by Crippen LogP contribution is -2.24. The van der Waals surface area contributed by atoms with Crippen molar-refractivity contribution in [1.29, 1.82) is 0 Å². The maximum Gasteiger partial charge on any atom is 0.104 e. The third kappa shape index (κ3) is 4.04. The first kappa shape index (κ1) is 14.0. The zero-order chi connectivity index (χ0) is 13.7. The molecule has 4 heteroatoms. The molecule has 0 unspecified atom stereocenters. The number of H-pyrrole nitrogens is 1. The molecule has 0 aliphatic carbocycles. The molecule has 2 aromatic rings. The molecule has 0 aliphatic rings. The van der Waals surface area contributed by atoms with Crippen LogP contribution < -0.4 is 5.32 Å². The highest BCUT2D eigenvalue weighted by Crippen LogP contribution is 2.14. The largest absolute Gasteiger partial charge is 0.342 e. The molecule has 0 bridgehead atoms. The summed E-state index contributed by atoms with van der Waals surface area (Å²) in [6.45, 7) is 5.33. The van der Waals surface area contributed by atoms with E-state index in [1.54, 1.807) is 0 Å². The molecule has 1 heterocycles. The van der Waals surface area contributed by atoms with Gasteiger partial charge < -0.3 is 15.2 Å². The number of likely N-dealkylation sites (N-methyl/N-ethyl adjacent to an activating group) is 1. The van der Waals surface area contributed by atoms with E-state index in [0.717, 1.165) is 42.9 Å². The van der Waals surface area contributed by atoms with Crippen LogP contribution in [0.5, 0.6) is 0 Å². The lowest BCUT2D eigenvalue weighted by Gasteiger charge is -2.16. The number of imidazole rings is 1. The second-order valence-corrected chi connectivity index (χ2v) is 5.18. The molecule has 19 heavy (non-hydrogen) atoms. The number of nitrogens with one attached hydrogen (secondary N) is 2. The van der Waals surface area contributed by atoms with Crippen molar-refractivity contribution in [2.75, 3.05) is 33.7 Å². The van der Waals surface area contributed by atoms with Crippen LogP contribution in [0.1, 0.15) is 17.8 Å². The minimum atomic E-state index is 0.983. The fraction of sp³-hybridized carbons (Fsp3) is 0.533. The van der Waals surface area contributed by atoms with Crippen LogP contribution in [0.15, 0.2) is 18.2 Å². The van der Waals surface area contributed by atoms with E-state index in [1.165, 1.54) is 12.0 Å². The van der Waals surface area contributed by atoms with Crippen LogP contribution in [0.4, 0.5) is 0 Å². The Labute approximate surface area is 115 Å². The van der Waals surface area contributed by atoms with Crippen LogP contribution in [0.3, 0.4) is 0 Å². The SMILES string of the molecule is CNCCCN(C)CCc1ccc2nc(C)[nH]c2c1. The molecule has 4 nitrogen and oxygen atoms in total. The molecular weight excluding hydrogens is 236 g/mol. The second kappa shape index (κ2) is 6.68. The summed E-state index contributed by atoms with van der Waals surface area (Å²) >= 11 is 0. The Morgan fingerprint density at radius 2 is 2.16 bits per heavy atom. The topological polar surface area (TPSA) is 44.0 Å². The molecule has 0 saturated carbocycles. The summed E-state index contributed by atoms with van der Waals surface area (Å²) < 4.78 is 0. The van der Waals surface area contributed by atoms with E-state index in [1.807, 2.05) is 14.0 Å². The fourth-order valence-corrected chi connectivity index (χ4v) is 2.30. The van der Waals surface area contributed by atoms with Gasteiger partial charge in [0, 0.05) is 6.54 Å². The zero-order valence-corrected chi connectivity index (χ0v) is 12.2. The summed E-state index contributed by atoms with van der Waals surface area (Å²) in [5.74, 6) is 0.983. The standard InChI is InChI=1S/C15H24N4/c1-12-17-14-6-5-13(11-15(14)18-12)7-10-19(3)9-4-8-16-2/h5-6,11,16H,4,7-10H2,1-3H3,(H,17,18). The van der Waals surface area contributed by atoms with Gasteiger partial charge in [-0.15, -0.1) is 0 Å². The number of fused-ring (bicyclic) bond motifs is 1. The van der Waals surface area contributed by atoms with Gasteiger partial charge in [0.2, 0.25) is 0 Å². The van der Waals surface area contributed by atoms with Crippen molar-refractivity contribution in [2.24, 2.45) is 0 Å². The summed E-state index contributed by atoms with van der Waals surface area (Å²) in [6.07, 6.45) is 2.29. The predicted molar refractivity (Wildman–Crippen MR) is 80.6 cm³/mol. The van der Waals surface area contributed by atoms with Crippen LogP contribution >= 0.6 is 0 Å². The molecular formula is C15H24N4. The fourth-order valence-electron chi connectivity index (χ4n) is 2.30. The van der Waals surface area contributed by atoms with Crippen molar-refractivity contribution < 1.29 is 0 Å². The molecule has 0 spiro atoms. The van der Waals surface area contributed by atoms with Gasteiger partial charge in [-0.2, -0.15) is 0 Å². The van der Waals surface area contributed by atoms with Crippen LogP contribution in [-0.4, -0.2) is 48.6 Å². The first-order valence-corrected chi connectivity index (χ1v) is 6.97. The van der Waals surface area contributed by atoms with E-state index in [-0.39, 0.29) is 0 Å². The number of nitrogens with zero attached hydrogens (tertiary/aromatic N) is 2. The van der Waals surface area contributed by atoms with Gasteiger partial charge in [0.05, 0.1) is 11.0 Å². The molecule has 0 atom stereocenters. The smallest absolute Gasteiger partial charge is 0.104 e. The highest BCUT2D eigenvalue weighted by molar-refractivity contribution is 5.75. The van der Waals surface area contributed by atoms with E-state index in [2.05, 4.69) is 45.4 Å². The lowest BCUT2D eigenvalue weighted by molar-refractivity contribution is 0.332. The van der Waals surface area contributed by atoms with E-state index < -0.39 is 0 Å². The Hall–Kier alpha value is -1.39. The van der Waals surface area contributed by atoms with Crippen LogP contribution in [0.25, 0.3) is 11.0 Å². The summed E-state index contributed by atoms with van der Waals surface area (Å²) in [4.78, 5) is 10.1. The normalized spacial score (nSPS) is 11.6. The van der Waals surface area contributed by atoms with Gasteiger partial charge in [-0.1, -0.05) is 6.07 Å². The highest BCUT2D eigenvalue weighted by atomic mass is 15.1. The van der Waals surface area contributed by atoms with Crippen molar-refractivity contribution >= 4 is 11.0 Å².